The minimum absolute atomic E-state index is 0.0128. The Hall–Kier alpha value is -3.28. The van der Waals surface area contributed by atoms with Gasteiger partial charge in [-0.15, -0.1) is 0 Å². The molecule has 1 aliphatic heterocycles. The first-order chi connectivity index (χ1) is 13.7. The third-order valence-electron chi connectivity index (χ3n) is 5.06. The number of furan rings is 2. The van der Waals surface area contributed by atoms with Crippen molar-refractivity contribution in [3.8, 4) is 0 Å². The normalized spacial score (nSPS) is 15.4. The van der Waals surface area contributed by atoms with Crippen LogP contribution in [0.5, 0.6) is 0 Å². The molecular formula is C22H22N2O4. The minimum atomic E-state index is -0.198. The summed E-state index contributed by atoms with van der Waals surface area (Å²) < 4.78 is 10.8. The number of nitrogens with zero attached hydrogens (tertiary/aromatic N) is 1. The Morgan fingerprint density at radius 2 is 1.96 bits per heavy atom. The van der Waals surface area contributed by atoms with Crippen LogP contribution in [0, 0.1) is 5.92 Å². The number of likely N-dealkylation sites (tertiary alicyclic amines) is 1. The van der Waals surface area contributed by atoms with E-state index < -0.39 is 0 Å². The van der Waals surface area contributed by atoms with Crippen molar-refractivity contribution in [2.75, 3.05) is 19.6 Å². The van der Waals surface area contributed by atoms with Crippen molar-refractivity contribution in [2.24, 2.45) is 5.92 Å². The van der Waals surface area contributed by atoms with Crippen LogP contribution in [0.2, 0.25) is 0 Å². The Labute approximate surface area is 162 Å². The number of carbonyl (C=O) groups excluding carboxylic acids is 2. The monoisotopic (exact) mass is 378 g/mol. The number of carbonyl (C=O) groups is 2. The molecule has 2 amide bonds. The maximum absolute atomic E-state index is 12.3. The lowest BCUT2D eigenvalue weighted by Gasteiger charge is -2.31. The summed E-state index contributed by atoms with van der Waals surface area (Å²) >= 11 is 0. The van der Waals surface area contributed by atoms with Crippen LogP contribution in [0.15, 0.2) is 63.6 Å². The number of fused-ring (bicyclic) bond motifs is 1. The molecule has 2 aromatic heterocycles. The van der Waals surface area contributed by atoms with Crippen molar-refractivity contribution in [3.05, 3.63) is 66.3 Å². The van der Waals surface area contributed by atoms with E-state index in [2.05, 4.69) is 5.32 Å². The molecule has 1 aromatic carbocycles. The number of nitrogens with one attached hydrogen (secondary N) is 1. The van der Waals surface area contributed by atoms with Gasteiger partial charge in [-0.1, -0.05) is 18.2 Å². The van der Waals surface area contributed by atoms with E-state index in [0.29, 0.717) is 42.7 Å². The maximum atomic E-state index is 12.3. The van der Waals surface area contributed by atoms with Crippen molar-refractivity contribution in [2.45, 2.75) is 12.8 Å². The molecule has 1 fully saturated rings. The summed E-state index contributed by atoms with van der Waals surface area (Å²) in [6, 6.07) is 12.9. The van der Waals surface area contributed by atoms with Crippen LogP contribution < -0.4 is 5.32 Å². The van der Waals surface area contributed by atoms with Crippen LogP contribution in [0.1, 0.15) is 29.2 Å². The number of rotatable bonds is 5. The van der Waals surface area contributed by atoms with Gasteiger partial charge >= 0.3 is 0 Å². The van der Waals surface area contributed by atoms with Gasteiger partial charge in [-0.05, 0) is 49.1 Å². The zero-order chi connectivity index (χ0) is 19.3. The second-order valence-corrected chi connectivity index (χ2v) is 6.98. The highest BCUT2D eigenvalue weighted by Crippen LogP contribution is 2.20. The molecule has 1 aliphatic rings. The van der Waals surface area contributed by atoms with Crippen molar-refractivity contribution in [1.82, 2.24) is 10.2 Å². The molecule has 1 saturated heterocycles. The SMILES string of the molecule is O=C(NCC1CCN(C(=O)/C=C/c2ccco2)CC1)c1cc2ccccc2o1. The molecule has 0 radical (unpaired) electrons. The average molecular weight is 378 g/mol. The summed E-state index contributed by atoms with van der Waals surface area (Å²) in [6.45, 7) is 1.96. The van der Waals surface area contributed by atoms with Crippen LogP contribution in [-0.2, 0) is 4.79 Å². The lowest BCUT2D eigenvalue weighted by molar-refractivity contribution is -0.127. The van der Waals surface area contributed by atoms with Gasteiger partial charge < -0.3 is 19.1 Å². The predicted octanol–water partition coefficient (Wildman–Crippen LogP) is 3.71. The van der Waals surface area contributed by atoms with Gasteiger partial charge in [0, 0.05) is 31.1 Å². The highest BCUT2D eigenvalue weighted by atomic mass is 16.3. The molecule has 144 valence electrons. The lowest BCUT2D eigenvalue weighted by atomic mass is 9.96. The second-order valence-electron chi connectivity index (χ2n) is 6.98. The van der Waals surface area contributed by atoms with Crippen LogP contribution in [0.3, 0.4) is 0 Å². The molecule has 3 heterocycles. The van der Waals surface area contributed by atoms with E-state index in [1.54, 1.807) is 36.6 Å². The van der Waals surface area contributed by atoms with Gasteiger partial charge in [0.2, 0.25) is 5.91 Å². The third-order valence-corrected chi connectivity index (χ3v) is 5.06. The lowest BCUT2D eigenvalue weighted by Crippen LogP contribution is -2.40. The van der Waals surface area contributed by atoms with E-state index in [4.69, 9.17) is 8.83 Å². The number of amides is 2. The zero-order valence-corrected chi connectivity index (χ0v) is 15.5. The van der Waals surface area contributed by atoms with Crippen molar-refractivity contribution >= 4 is 28.9 Å². The number of hydrogen-bond acceptors (Lipinski definition) is 4. The van der Waals surface area contributed by atoms with Gasteiger partial charge in [0.05, 0.1) is 6.26 Å². The zero-order valence-electron chi connectivity index (χ0n) is 15.5. The molecule has 1 N–H and O–H groups in total. The number of hydrogen-bond donors (Lipinski definition) is 1. The molecular weight excluding hydrogens is 356 g/mol. The Bertz CT molecular complexity index is 946. The Morgan fingerprint density at radius 3 is 2.71 bits per heavy atom. The Morgan fingerprint density at radius 1 is 1.14 bits per heavy atom. The number of para-hydroxylation sites is 1. The van der Waals surface area contributed by atoms with Crippen molar-refractivity contribution in [3.63, 3.8) is 0 Å². The van der Waals surface area contributed by atoms with E-state index in [1.165, 1.54) is 0 Å². The molecule has 0 saturated carbocycles. The quantitative estimate of drug-likeness (QED) is 0.687. The van der Waals surface area contributed by atoms with E-state index in [1.807, 2.05) is 29.2 Å². The van der Waals surface area contributed by atoms with Gasteiger partial charge in [0.25, 0.3) is 5.91 Å². The van der Waals surface area contributed by atoms with Gasteiger partial charge in [0.15, 0.2) is 5.76 Å². The summed E-state index contributed by atoms with van der Waals surface area (Å²) in [4.78, 5) is 26.4. The van der Waals surface area contributed by atoms with Crippen LogP contribution in [0.25, 0.3) is 17.0 Å². The predicted molar refractivity (Wildman–Crippen MR) is 106 cm³/mol. The molecule has 0 aliphatic carbocycles. The van der Waals surface area contributed by atoms with Crippen molar-refractivity contribution < 1.29 is 18.4 Å². The fourth-order valence-electron chi connectivity index (χ4n) is 3.42. The fraction of sp³-hybridized carbons (Fsp3) is 0.273. The molecule has 28 heavy (non-hydrogen) atoms. The van der Waals surface area contributed by atoms with E-state index >= 15 is 0 Å². The molecule has 0 bridgehead atoms. The van der Waals surface area contributed by atoms with Crippen molar-refractivity contribution in [1.29, 1.82) is 0 Å². The molecule has 6 heteroatoms. The fourth-order valence-corrected chi connectivity index (χ4v) is 3.42. The molecule has 0 atom stereocenters. The van der Waals surface area contributed by atoms with E-state index in [0.717, 1.165) is 18.2 Å². The highest BCUT2D eigenvalue weighted by molar-refractivity contribution is 5.96. The number of piperidine rings is 1. The van der Waals surface area contributed by atoms with Gasteiger partial charge in [-0.2, -0.15) is 0 Å². The first-order valence-electron chi connectivity index (χ1n) is 9.46. The Kier molecular flexibility index (Phi) is 5.28. The first kappa shape index (κ1) is 18.1. The van der Waals surface area contributed by atoms with E-state index in [-0.39, 0.29) is 11.8 Å². The summed E-state index contributed by atoms with van der Waals surface area (Å²) in [7, 11) is 0. The standard InChI is InChI=1S/C22H22N2O4/c25-21(8-7-18-5-3-13-27-18)24-11-9-16(10-12-24)15-23-22(26)20-14-17-4-1-2-6-19(17)28-20/h1-8,13-14,16H,9-12,15H2,(H,23,26)/b8-7+. The highest BCUT2D eigenvalue weighted by Gasteiger charge is 2.22. The van der Waals surface area contributed by atoms with E-state index in [9.17, 15) is 9.59 Å². The molecule has 3 aromatic rings. The smallest absolute Gasteiger partial charge is 0.287 e. The largest absolute Gasteiger partial charge is 0.465 e. The van der Waals surface area contributed by atoms with Gasteiger partial charge in [0.1, 0.15) is 11.3 Å². The molecule has 6 nitrogen and oxygen atoms in total. The molecule has 4 rings (SSSR count). The molecule has 0 spiro atoms. The minimum Gasteiger partial charge on any atom is -0.465 e. The second kappa shape index (κ2) is 8.17. The van der Waals surface area contributed by atoms with Crippen LogP contribution in [-0.4, -0.2) is 36.3 Å². The van der Waals surface area contributed by atoms with Gasteiger partial charge in [-0.25, -0.2) is 0 Å². The number of benzene rings is 1. The summed E-state index contributed by atoms with van der Waals surface area (Å²) in [5, 5.41) is 3.87. The maximum Gasteiger partial charge on any atom is 0.287 e. The van der Waals surface area contributed by atoms with Gasteiger partial charge in [-0.3, -0.25) is 9.59 Å². The summed E-state index contributed by atoms with van der Waals surface area (Å²) in [5.41, 5.74) is 0.710. The molecule has 0 unspecified atom stereocenters. The summed E-state index contributed by atoms with van der Waals surface area (Å²) in [6.07, 6.45) is 6.53. The topological polar surface area (TPSA) is 75.7 Å². The average Bonchev–Trinajstić information content (AvgIpc) is 3.40. The summed E-state index contributed by atoms with van der Waals surface area (Å²) in [5.74, 6) is 1.14. The first-order valence-corrected chi connectivity index (χ1v) is 9.46. The Balaban J connectivity index is 1.24. The van der Waals surface area contributed by atoms with Crippen LogP contribution >= 0.6 is 0 Å². The third kappa shape index (κ3) is 4.17. The van der Waals surface area contributed by atoms with Crippen LogP contribution in [0.4, 0.5) is 0 Å².